The van der Waals surface area contributed by atoms with E-state index in [0.29, 0.717) is 0 Å². The van der Waals surface area contributed by atoms with Crippen LogP contribution in [0, 0.1) is 11.3 Å². The molecule has 2 atom stereocenters. The highest BCUT2D eigenvalue weighted by Crippen LogP contribution is 2.40. The molecule has 0 aromatic carbocycles. The fraction of sp³-hybridized carbons (Fsp3) is 0.923. The van der Waals surface area contributed by atoms with E-state index in [1.807, 2.05) is 0 Å². The lowest BCUT2D eigenvalue weighted by Crippen LogP contribution is -2.48. The van der Waals surface area contributed by atoms with Crippen molar-refractivity contribution in [3.05, 3.63) is 0 Å². The third-order valence-corrected chi connectivity index (χ3v) is 3.81. The summed E-state index contributed by atoms with van der Waals surface area (Å²) in [6.45, 7) is 5.52. The Morgan fingerprint density at radius 2 is 2.12 bits per heavy atom. The summed E-state index contributed by atoms with van der Waals surface area (Å²) in [4.78, 5) is 12.1. The van der Waals surface area contributed by atoms with Crippen molar-refractivity contribution in [1.82, 2.24) is 5.32 Å². The van der Waals surface area contributed by atoms with Crippen molar-refractivity contribution in [2.75, 3.05) is 13.2 Å². The Morgan fingerprint density at radius 1 is 1.47 bits per heavy atom. The average molecular weight is 243 g/mol. The molecule has 1 amide bonds. The van der Waals surface area contributed by atoms with Crippen LogP contribution in [0.5, 0.6) is 0 Å². The van der Waals surface area contributed by atoms with Crippen molar-refractivity contribution in [3.8, 4) is 0 Å². The molecule has 0 bridgehead atoms. The summed E-state index contributed by atoms with van der Waals surface area (Å²) < 4.78 is 0. The number of amides is 1. The van der Waals surface area contributed by atoms with Crippen LogP contribution in [-0.4, -0.2) is 34.9 Å². The van der Waals surface area contributed by atoms with Crippen molar-refractivity contribution in [2.45, 2.75) is 52.1 Å². The molecule has 100 valence electrons. The largest absolute Gasteiger partial charge is 0.393 e. The van der Waals surface area contributed by atoms with Gasteiger partial charge in [0.25, 0.3) is 0 Å². The molecular weight excluding hydrogens is 218 g/mol. The first-order valence-electron chi connectivity index (χ1n) is 6.39. The van der Waals surface area contributed by atoms with E-state index in [4.69, 9.17) is 5.11 Å². The Morgan fingerprint density at radius 3 is 2.65 bits per heavy atom. The van der Waals surface area contributed by atoms with Crippen molar-refractivity contribution >= 4 is 5.91 Å². The highest BCUT2D eigenvalue weighted by Gasteiger charge is 2.37. The van der Waals surface area contributed by atoms with Gasteiger partial charge in [-0.2, -0.15) is 0 Å². The standard InChI is InChI=1S/C13H25NO3/c1-12(2)7-5-4-6-10(12)11(16)14-8-13(3,17)9-15/h10,15,17H,4-9H2,1-3H3,(H,14,16). The molecule has 1 aliphatic rings. The molecule has 0 heterocycles. The second kappa shape index (κ2) is 5.36. The minimum atomic E-state index is -1.23. The van der Waals surface area contributed by atoms with Crippen LogP contribution < -0.4 is 5.32 Å². The molecule has 0 saturated heterocycles. The lowest BCUT2D eigenvalue weighted by atomic mass is 9.68. The number of carbonyl (C=O) groups is 1. The smallest absolute Gasteiger partial charge is 0.223 e. The van der Waals surface area contributed by atoms with E-state index < -0.39 is 5.60 Å². The van der Waals surface area contributed by atoms with Gasteiger partial charge >= 0.3 is 0 Å². The summed E-state index contributed by atoms with van der Waals surface area (Å²) >= 11 is 0. The van der Waals surface area contributed by atoms with Crippen LogP contribution >= 0.6 is 0 Å². The normalized spacial score (nSPS) is 27.2. The Labute approximate surface area is 103 Å². The number of hydrogen-bond donors (Lipinski definition) is 3. The molecule has 2 unspecified atom stereocenters. The van der Waals surface area contributed by atoms with E-state index in [-0.39, 0.29) is 30.4 Å². The van der Waals surface area contributed by atoms with Crippen molar-refractivity contribution in [2.24, 2.45) is 11.3 Å². The zero-order chi connectivity index (χ0) is 13.1. The molecule has 0 spiro atoms. The lowest BCUT2D eigenvalue weighted by Gasteiger charge is -2.38. The second-order valence-electron chi connectivity index (χ2n) is 6.16. The minimum Gasteiger partial charge on any atom is -0.393 e. The molecule has 0 aromatic rings. The van der Waals surface area contributed by atoms with Gasteiger partial charge in [-0.25, -0.2) is 0 Å². The maximum atomic E-state index is 12.1. The van der Waals surface area contributed by atoms with E-state index >= 15 is 0 Å². The SMILES string of the molecule is CC(O)(CO)CNC(=O)C1CCCCC1(C)C. The number of aliphatic hydroxyl groups is 2. The molecule has 17 heavy (non-hydrogen) atoms. The molecule has 1 aliphatic carbocycles. The molecule has 1 rings (SSSR count). The van der Waals surface area contributed by atoms with Gasteiger partial charge in [0.05, 0.1) is 6.61 Å². The number of hydrogen-bond acceptors (Lipinski definition) is 3. The molecule has 1 saturated carbocycles. The van der Waals surface area contributed by atoms with Crippen molar-refractivity contribution in [3.63, 3.8) is 0 Å². The van der Waals surface area contributed by atoms with E-state index in [1.165, 1.54) is 13.3 Å². The topological polar surface area (TPSA) is 69.6 Å². The number of carbonyl (C=O) groups excluding carboxylic acids is 1. The molecular formula is C13H25NO3. The predicted molar refractivity (Wildman–Crippen MR) is 66.5 cm³/mol. The maximum absolute atomic E-state index is 12.1. The molecule has 0 aliphatic heterocycles. The third-order valence-electron chi connectivity index (χ3n) is 3.81. The number of nitrogens with one attached hydrogen (secondary N) is 1. The first-order valence-corrected chi connectivity index (χ1v) is 6.39. The van der Waals surface area contributed by atoms with Gasteiger partial charge in [0.1, 0.15) is 5.60 Å². The van der Waals surface area contributed by atoms with Crippen LogP contribution in [0.1, 0.15) is 46.5 Å². The van der Waals surface area contributed by atoms with Crippen LogP contribution in [0.2, 0.25) is 0 Å². The molecule has 0 radical (unpaired) electrons. The molecule has 1 fully saturated rings. The van der Waals surface area contributed by atoms with Gasteiger partial charge in [0.15, 0.2) is 0 Å². The quantitative estimate of drug-likeness (QED) is 0.691. The van der Waals surface area contributed by atoms with Crippen LogP contribution in [0.15, 0.2) is 0 Å². The Kier molecular flexibility index (Phi) is 4.55. The Balaban J connectivity index is 2.52. The first-order chi connectivity index (χ1) is 7.78. The molecule has 4 heteroatoms. The minimum absolute atomic E-state index is 0.00317. The molecule has 0 aromatic heterocycles. The average Bonchev–Trinajstić information content (AvgIpc) is 2.25. The number of aliphatic hydroxyl groups excluding tert-OH is 1. The molecule has 4 nitrogen and oxygen atoms in total. The summed E-state index contributed by atoms with van der Waals surface area (Å²) in [5.41, 5.74) is -1.19. The van der Waals surface area contributed by atoms with E-state index in [0.717, 1.165) is 19.3 Å². The van der Waals surface area contributed by atoms with Gasteiger partial charge < -0.3 is 15.5 Å². The van der Waals surface area contributed by atoms with E-state index in [1.54, 1.807) is 0 Å². The maximum Gasteiger partial charge on any atom is 0.223 e. The summed E-state index contributed by atoms with van der Waals surface area (Å²) in [6.07, 6.45) is 4.27. The van der Waals surface area contributed by atoms with Gasteiger partial charge in [-0.05, 0) is 25.2 Å². The van der Waals surface area contributed by atoms with E-state index in [9.17, 15) is 9.90 Å². The van der Waals surface area contributed by atoms with Gasteiger partial charge in [-0.15, -0.1) is 0 Å². The fourth-order valence-electron chi connectivity index (χ4n) is 2.44. The summed E-state index contributed by atoms with van der Waals surface area (Å²) in [5.74, 6) is 0.0224. The summed E-state index contributed by atoms with van der Waals surface area (Å²) in [6, 6.07) is 0. The summed E-state index contributed by atoms with van der Waals surface area (Å²) in [7, 11) is 0. The van der Waals surface area contributed by atoms with E-state index in [2.05, 4.69) is 19.2 Å². The molecule has 3 N–H and O–H groups in total. The zero-order valence-corrected chi connectivity index (χ0v) is 11.1. The Hall–Kier alpha value is -0.610. The first kappa shape index (κ1) is 14.5. The Bertz CT molecular complexity index is 274. The van der Waals surface area contributed by atoms with Crippen molar-refractivity contribution < 1.29 is 15.0 Å². The zero-order valence-electron chi connectivity index (χ0n) is 11.1. The van der Waals surface area contributed by atoms with Crippen LogP contribution in [-0.2, 0) is 4.79 Å². The van der Waals surface area contributed by atoms with Crippen molar-refractivity contribution in [1.29, 1.82) is 0 Å². The third kappa shape index (κ3) is 3.96. The monoisotopic (exact) mass is 243 g/mol. The van der Waals surface area contributed by atoms with Crippen LogP contribution in [0.25, 0.3) is 0 Å². The highest BCUT2D eigenvalue weighted by molar-refractivity contribution is 5.79. The highest BCUT2D eigenvalue weighted by atomic mass is 16.3. The second-order valence-corrected chi connectivity index (χ2v) is 6.16. The van der Waals surface area contributed by atoms with Crippen LogP contribution in [0.3, 0.4) is 0 Å². The van der Waals surface area contributed by atoms with Gasteiger partial charge in [-0.3, -0.25) is 4.79 Å². The van der Waals surface area contributed by atoms with Gasteiger partial charge in [-0.1, -0.05) is 26.7 Å². The fourth-order valence-corrected chi connectivity index (χ4v) is 2.44. The predicted octanol–water partition coefficient (Wildman–Crippen LogP) is 1.06. The van der Waals surface area contributed by atoms with Gasteiger partial charge in [0.2, 0.25) is 5.91 Å². The van der Waals surface area contributed by atoms with Gasteiger partial charge in [0, 0.05) is 12.5 Å². The number of rotatable bonds is 4. The summed E-state index contributed by atoms with van der Waals surface area (Å²) in [5, 5.41) is 21.3. The lowest BCUT2D eigenvalue weighted by molar-refractivity contribution is -0.131. The van der Waals surface area contributed by atoms with Crippen LogP contribution in [0.4, 0.5) is 0 Å².